The Morgan fingerprint density at radius 3 is 2.46 bits per heavy atom. The third-order valence-corrected chi connectivity index (χ3v) is 4.47. The molecule has 0 bridgehead atoms. The highest BCUT2D eigenvalue weighted by Gasteiger charge is 2.31. The fraction of sp³-hybridized carbons (Fsp3) is 0.286. The molecule has 1 heterocycles. The van der Waals surface area contributed by atoms with Crippen molar-refractivity contribution in [2.45, 2.75) is 26.2 Å². The van der Waals surface area contributed by atoms with E-state index in [1.165, 1.54) is 23.8 Å². The van der Waals surface area contributed by atoms with Crippen LogP contribution in [-0.4, -0.2) is 19.7 Å². The van der Waals surface area contributed by atoms with Gasteiger partial charge in [0.1, 0.15) is 5.75 Å². The minimum atomic E-state index is -0.317. The lowest BCUT2D eigenvalue weighted by atomic mass is 9.85. The van der Waals surface area contributed by atoms with Crippen LogP contribution in [0.2, 0.25) is 0 Å². The molecule has 3 rings (SSSR count). The third kappa shape index (κ3) is 3.07. The highest BCUT2D eigenvalue weighted by Crippen LogP contribution is 2.39. The zero-order valence-corrected chi connectivity index (χ0v) is 14.6. The number of ether oxygens (including phenoxy) is 2. The average molecular weight is 322 g/mol. The lowest BCUT2D eigenvalue weighted by Crippen LogP contribution is -2.18. The quantitative estimate of drug-likeness (QED) is 0.607. The summed E-state index contributed by atoms with van der Waals surface area (Å²) in [5.41, 5.74) is 5.28. The van der Waals surface area contributed by atoms with Gasteiger partial charge in [-0.15, -0.1) is 0 Å². The third-order valence-electron chi connectivity index (χ3n) is 4.47. The topological polar surface area (TPSA) is 35.5 Å². The molecule has 0 saturated carbocycles. The summed E-state index contributed by atoms with van der Waals surface area (Å²) < 4.78 is 10.5. The lowest BCUT2D eigenvalue weighted by Gasteiger charge is -2.16. The number of fused-ring (bicyclic) bond motifs is 1. The van der Waals surface area contributed by atoms with Gasteiger partial charge in [0.15, 0.2) is 0 Å². The molecular weight excluding hydrogens is 300 g/mol. The molecule has 0 atom stereocenters. The van der Waals surface area contributed by atoms with Crippen LogP contribution >= 0.6 is 0 Å². The van der Waals surface area contributed by atoms with Crippen LogP contribution in [0.4, 0.5) is 0 Å². The van der Waals surface area contributed by atoms with E-state index in [0.29, 0.717) is 5.56 Å². The number of esters is 1. The van der Waals surface area contributed by atoms with Crippen LogP contribution in [0.1, 0.15) is 47.8 Å². The minimum Gasteiger partial charge on any atom is -0.492 e. The highest BCUT2D eigenvalue weighted by atomic mass is 16.5. The van der Waals surface area contributed by atoms with Gasteiger partial charge in [0.2, 0.25) is 0 Å². The van der Waals surface area contributed by atoms with Crippen molar-refractivity contribution in [3.05, 3.63) is 64.7 Å². The van der Waals surface area contributed by atoms with Crippen molar-refractivity contribution >= 4 is 17.6 Å². The van der Waals surface area contributed by atoms with Crippen molar-refractivity contribution in [2.75, 3.05) is 13.7 Å². The van der Waals surface area contributed by atoms with Crippen molar-refractivity contribution in [1.82, 2.24) is 0 Å². The van der Waals surface area contributed by atoms with Crippen molar-refractivity contribution in [3.63, 3.8) is 0 Å². The molecule has 0 aliphatic carbocycles. The van der Waals surface area contributed by atoms with Gasteiger partial charge in [-0.05, 0) is 47.9 Å². The molecule has 1 aliphatic rings. The van der Waals surface area contributed by atoms with E-state index in [4.69, 9.17) is 9.47 Å². The largest absolute Gasteiger partial charge is 0.492 e. The van der Waals surface area contributed by atoms with Gasteiger partial charge >= 0.3 is 5.97 Å². The average Bonchev–Trinajstić information content (AvgIpc) is 2.89. The Hall–Kier alpha value is -2.55. The van der Waals surface area contributed by atoms with Gasteiger partial charge in [-0.3, -0.25) is 0 Å². The first-order chi connectivity index (χ1) is 11.4. The van der Waals surface area contributed by atoms with Gasteiger partial charge in [0.25, 0.3) is 0 Å². The van der Waals surface area contributed by atoms with E-state index in [2.05, 4.69) is 45.0 Å². The molecule has 0 amide bonds. The second kappa shape index (κ2) is 6.16. The summed E-state index contributed by atoms with van der Waals surface area (Å²) >= 11 is 0. The van der Waals surface area contributed by atoms with E-state index in [0.717, 1.165) is 17.9 Å². The van der Waals surface area contributed by atoms with Gasteiger partial charge in [0, 0.05) is 11.0 Å². The highest BCUT2D eigenvalue weighted by molar-refractivity contribution is 5.90. The van der Waals surface area contributed by atoms with Crippen molar-refractivity contribution in [2.24, 2.45) is 0 Å². The molecule has 24 heavy (non-hydrogen) atoms. The Kier molecular flexibility index (Phi) is 4.18. The first-order valence-electron chi connectivity index (χ1n) is 8.05. The van der Waals surface area contributed by atoms with E-state index in [1.54, 1.807) is 12.1 Å². The second-order valence-corrected chi connectivity index (χ2v) is 6.82. The molecule has 124 valence electrons. The maximum atomic E-state index is 11.5. The Labute approximate surface area is 142 Å². The molecule has 1 aliphatic heterocycles. The zero-order chi connectivity index (χ0) is 17.3. The lowest BCUT2D eigenvalue weighted by molar-refractivity contribution is 0.0600. The normalized spacial score (nSPS) is 15.6. The number of methoxy groups -OCH3 is 1. The van der Waals surface area contributed by atoms with E-state index in [9.17, 15) is 4.79 Å². The molecule has 0 radical (unpaired) electrons. The fourth-order valence-electron chi connectivity index (χ4n) is 2.93. The Balaban J connectivity index is 1.88. The summed E-state index contributed by atoms with van der Waals surface area (Å²) in [7, 11) is 1.39. The molecule has 2 aromatic carbocycles. The molecule has 3 nitrogen and oxygen atoms in total. The minimum absolute atomic E-state index is 0.0494. The SMILES string of the molecule is COC(=O)c1ccc(/C=C(\C)c2ccc3c(c2)C(C)(C)CO3)cc1. The molecule has 0 aromatic heterocycles. The summed E-state index contributed by atoms with van der Waals surface area (Å²) in [5.74, 6) is 0.669. The van der Waals surface area contributed by atoms with Crippen molar-refractivity contribution in [1.29, 1.82) is 0 Å². The van der Waals surface area contributed by atoms with Gasteiger partial charge in [-0.25, -0.2) is 4.79 Å². The molecule has 0 saturated heterocycles. The monoisotopic (exact) mass is 322 g/mol. The van der Waals surface area contributed by atoms with Crippen LogP contribution < -0.4 is 4.74 Å². The Morgan fingerprint density at radius 1 is 1.12 bits per heavy atom. The van der Waals surface area contributed by atoms with Crippen LogP contribution in [0.3, 0.4) is 0 Å². The molecule has 2 aromatic rings. The number of rotatable bonds is 3. The van der Waals surface area contributed by atoms with Gasteiger partial charge in [-0.1, -0.05) is 38.1 Å². The molecule has 0 unspecified atom stereocenters. The summed E-state index contributed by atoms with van der Waals surface area (Å²) in [6.07, 6.45) is 2.12. The number of benzene rings is 2. The zero-order valence-electron chi connectivity index (χ0n) is 14.6. The van der Waals surface area contributed by atoms with Crippen LogP contribution in [0.5, 0.6) is 5.75 Å². The van der Waals surface area contributed by atoms with Crippen LogP contribution in [-0.2, 0) is 10.2 Å². The molecule has 0 spiro atoms. The maximum Gasteiger partial charge on any atom is 0.337 e. The van der Waals surface area contributed by atoms with Gasteiger partial charge < -0.3 is 9.47 Å². The number of carbonyl (C=O) groups excluding carboxylic acids is 1. The summed E-state index contributed by atoms with van der Waals surface area (Å²) in [4.78, 5) is 11.5. The van der Waals surface area contributed by atoms with E-state index >= 15 is 0 Å². The standard InChI is InChI=1S/C21H22O3/c1-14(11-15-5-7-16(8-6-15)20(22)23-4)17-9-10-19-18(12-17)21(2,3)13-24-19/h5-12H,13H2,1-4H3/b14-11+. The summed E-state index contributed by atoms with van der Waals surface area (Å²) in [6, 6.07) is 13.8. The number of allylic oxidation sites excluding steroid dienone is 1. The van der Waals surface area contributed by atoms with E-state index in [-0.39, 0.29) is 11.4 Å². The molecular formula is C21H22O3. The second-order valence-electron chi connectivity index (χ2n) is 6.82. The van der Waals surface area contributed by atoms with Crippen LogP contribution in [0.25, 0.3) is 11.6 Å². The number of hydrogen-bond donors (Lipinski definition) is 0. The van der Waals surface area contributed by atoms with Crippen molar-refractivity contribution < 1.29 is 14.3 Å². The van der Waals surface area contributed by atoms with Gasteiger partial charge in [-0.2, -0.15) is 0 Å². The van der Waals surface area contributed by atoms with Gasteiger partial charge in [0.05, 0.1) is 19.3 Å². The summed E-state index contributed by atoms with van der Waals surface area (Å²) in [6.45, 7) is 7.22. The van der Waals surface area contributed by atoms with Crippen LogP contribution in [0, 0.1) is 0 Å². The fourth-order valence-corrected chi connectivity index (χ4v) is 2.93. The predicted molar refractivity (Wildman–Crippen MR) is 96.3 cm³/mol. The maximum absolute atomic E-state index is 11.5. The summed E-state index contributed by atoms with van der Waals surface area (Å²) in [5, 5.41) is 0. The Morgan fingerprint density at radius 2 is 1.79 bits per heavy atom. The molecule has 0 N–H and O–H groups in total. The first-order valence-corrected chi connectivity index (χ1v) is 8.05. The smallest absolute Gasteiger partial charge is 0.337 e. The first kappa shape index (κ1) is 16.3. The number of carbonyl (C=O) groups is 1. The predicted octanol–water partition coefficient (Wildman–Crippen LogP) is 4.70. The molecule has 3 heteroatoms. The molecule has 0 fully saturated rings. The van der Waals surface area contributed by atoms with E-state index < -0.39 is 0 Å². The Bertz CT molecular complexity index is 798. The number of hydrogen-bond acceptors (Lipinski definition) is 3. The van der Waals surface area contributed by atoms with E-state index in [1.807, 2.05) is 12.1 Å². The van der Waals surface area contributed by atoms with Crippen molar-refractivity contribution in [3.8, 4) is 5.75 Å². The van der Waals surface area contributed by atoms with Crippen LogP contribution in [0.15, 0.2) is 42.5 Å².